The van der Waals surface area contributed by atoms with E-state index in [1.807, 2.05) is 6.07 Å². The van der Waals surface area contributed by atoms with E-state index in [2.05, 4.69) is 52.1 Å². The summed E-state index contributed by atoms with van der Waals surface area (Å²) >= 11 is 5.10. The van der Waals surface area contributed by atoms with Crippen LogP contribution in [-0.2, 0) is 6.42 Å². The molecule has 3 heteroatoms. The van der Waals surface area contributed by atoms with E-state index in [9.17, 15) is 0 Å². The van der Waals surface area contributed by atoms with Crippen molar-refractivity contribution in [3.8, 4) is 0 Å². The summed E-state index contributed by atoms with van der Waals surface area (Å²) in [6.45, 7) is 2.11. The van der Waals surface area contributed by atoms with E-state index >= 15 is 0 Å². The monoisotopic (exact) mass is 267 g/mol. The Labute approximate surface area is 95.9 Å². The fourth-order valence-electron chi connectivity index (χ4n) is 1.35. The Balaban J connectivity index is 2.23. The van der Waals surface area contributed by atoms with Crippen molar-refractivity contribution in [3.05, 3.63) is 50.4 Å². The molecule has 1 aromatic carbocycles. The number of rotatable bonds is 2. The van der Waals surface area contributed by atoms with Gasteiger partial charge in [-0.1, -0.05) is 30.3 Å². The minimum absolute atomic E-state index is 0.925. The number of thiazole rings is 1. The Bertz CT molecular complexity index is 422. The van der Waals surface area contributed by atoms with Crippen LogP contribution in [-0.4, -0.2) is 4.98 Å². The highest BCUT2D eigenvalue weighted by atomic mass is 79.9. The molecule has 0 N–H and O–H groups in total. The van der Waals surface area contributed by atoms with E-state index < -0.39 is 0 Å². The van der Waals surface area contributed by atoms with Crippen LogP contribution in [0.4, 0.5) is 0 Å². The molecule has 0 saturated heterocycles. The van der Waals surface area contributed by atoms with Crippen molar-refractivity contribution >= 4 is 27.3 Å². The largest absolute Gasteiger partial charge is 0.234 e. The predicted octanol–water partition coefficient (Wildman–Crippen LogP) is 3.80. The number of aromatic nitrogens is 1. The van der Waals surface area contributed by atoms with Crippen LogP contribution in [0.5, 0.6) is 0 Å². The highest BCUT2D eigenvalue weighted by molar-refractivity contribution is 9.11. The number of nitrogens with zero attached hydrogens (tertiary/aromatic N) is 1. The van der Waals surface area contributed by atoms with Crippen molar-refractivity contribution in [3.63, 3.8) is 0 Å². The van der Waals surface area contributed by atoms with E-state index in [-0.39, 0.29) is 0 Å². The van der Waals surface area contributed by atoms with Gasteiger partial charge in [0, 0.05) is 11.3 Å². The molecule has 0 saturated carbocycles. The highest BCUT2D eigenvalue weighted by Gasteiger charge is 2.05. The lowest BCUT2D eigenvalue weighted by molar-refractivity contribution is 1.08. The average molecular weight is 268 g/mol. The second kappa shape index (κ2) is 4.24. The zero-order chi connectivity index (χ0) is 9.97. The lowest BCUT2D eigenvalue weighted by Crippen LogP contribution is -1.89. The molecule has 0 aliphatic rings. The normalized spacial score (nSPS) is 10.4. The fourth-order valence-corrected chi connectivity index (χ4v) is 2.93. The van der Waals surface area contributed by atoms with Crippen LogP contribution in [0.3, 0.4) is 0 Å². The predicted molar refractivity (Wildman–Crippen MR) is 63.8 cm³/mol. The summed E-state index contributed by atoms with van der Waals surface area (Å²) in [5, 5.41) is 0. The summed E-state index contributed by atoms with van der Waals surface area (Å²) in [6.07, 6.45) is 0.925. The molecule has 0 bridgehead atoms. The van der Waals surface area contributed by atoms with Gasteiger partial charge in [-0.25, -0.2) is 4.98 Å². The van der Waals surface area contributed by atoms with Crippen molar-refractivity contribution in [2.75, 3.05) is 0 Å². The molecular weight excluding hydrogens is 258 g/mol. The van der Waals surface area contributed by atoms with Crippen molar-refractivity contribution in [2.45, 2.75) is 13.3 Å². The van der Waals surface area contributed by atoms with Crippen LogP contribution < -0.4 is 0 Å². The quantitative estimate of drug-likeness (QED) is 0.807. The molecule has 1 heterocycles. The summed E-state index contributed by atoms with van der Waals surface area (Å²) in [5.74, 6) is 0. The van der Waals surface area contributed by atoms with Gasteiger partial charge in [0.1, 0.15) is 0 Å². The molecule has 0 spiro atoms. The maximum atomic E-state index is 4.44. The van der Waals surface area contributed by atoms with Crippen molar-refractivity contribution in [2.24, 2.45) is 0 Å². The first-order valence-corrected chi connectivity index (χ1v) is 6.02. The van der Waals surface area contributed by atoms with Gasteiger partial charge in [-0.2, -0.15) is 0 Å². The first-order chi connectivity index (χ1) is 6.75. The minimum Gasteiger partial charge on any atom is -0.234 e. The summed E-state index contributed by atoms with van der Waals surface area (Å²) in [6, 6.07) is 10.4. The second-order valence-corrected chi connectivity index (χ2v) is 5.61. The smallest absolute Gasteiger partial charge is 0.159 e. The molecule has 72 valence electrons. The van der Waals surface area contributed by atoms with E-state index in [4.69, 9.17) is 0 Å². The van der Waals surface area contributed by atoms with Crippen molar-refractivity contribution < 1.29 is 0 Å². The molecule has 1 nitrogen and oxygen atoms in total. The molecule has 0 aliphatic carbocycles. The summed E-state index contributed by atoms with van der Waals surface area (Å²) < 4.78 is 0.973. The van der Waals surface area contributed by atoms with Crippen LogP contribution in [0.1, 0.15) is 16.1 Å². The summed E-state index contributed by atoms with van der Waals surface area (Å²) in [7, 11) is 0. The lowest BCUT2D eigenvalue weighted by Gasteiger charge is -1.98. The van der Waals surface area contributed by atoms with Gasteiger partial charge in [-0.15, -0.1) is 11.3 Å². The third kappa shape index (κ3) is 2.22. The van der Waals surface area contributed by atoms with Gasteiger partial charge in [0.05, 0.1) is 5.69 Å². The zero-order valence-electron chi connectivity index (χ0n) is 7.83. The van der Waals surface area contributed by atoms with Crippen LogP contribution in [0.2, 0.25) is 0 Å². The Kier molecular flexibility index (Phi) is 2.99. The van der Waals surface area contributed by atoms with E-state index in [0.717, 1.165) is 10.3 Å². The maximum absolute atomic E-state index is 4.44. The maximum Gasteiger partial charge on any atom is 0.159 e. The van der Waals surface area contributed by atoms with E-state index in [1.54, 1.807) is 11.3 Å². The second-order valence-electron chi connectivity index (χ2n) is 3.13. The van der Waals surface area contributed by atoms with Crippen molar-refractivity contribution in [1.82, 2.24) is 4.98 Å². The molecular formula is C11H10BrNS. The molecule has 2 aromatic rings. The Morgan fingerprint density at radius 1 is 1.29 bits per heavy atom. The summed E-state index contributed by atoms with van der Waals surface area (Å²) in [5.41, 5.74) is 2.49. The highest BCUT2D eigenvalue weighted by Crippen LogP contribution is 2.23. The number of hydrogen-bond donors (Lipinski definition) is 0. The third-order valence-corrected chi connectivity index (χ3v) is 3.55. The van der Waals surface area contributed by atoms with Gasteiger partial charge in [-0.3, -0.25) is 0 Å². The van der Waals surface area contributed by atoms with Crippen LogP contribution in [0.15, 0.2) is 34.2 Å². The molecule has 0 amide bonds. The first kappa shape index (κ1) is 9.87. The SMILES string of the molecule is Cc1sc(Br)nc1Cc1ccccc1. The molecule has 0 fully saturated rings. The van der Waals surface area contributed by atoms with E-state index in [0.29, 0.717) is 0 Å². The molecule has 0 atom stereocenters. The van der Waals surface area contributed by atoms with Gasteiger partial charge < -0.3 is 0 Å². The Morgan fingerprint density at radius 2 is 2.00 bits per heavy atom. The molecule has 14 heavy (non-hydrogen) atoms. The van der Waals surface area contributed by atoms with Crippen LogP contribution in [0.25, 0.3) is 0 Å². The van der Waals surface area contributed by atoms with Gasteiger partial charge in [0.2, 0.25) is 0 Å². The minimum atomic E-state index is 0.925. The topological polar surface area (TPSA) is 12.9 Å². The number of halogens is 1. The van der Waals surface area contributed by atoms with Crippen LogP contribution in [0, 0.1) is 6.92 Å². The molecule has 0 unspecified atom stereocenters. The lowest BCUT2D eigenvalue weighted by atomic mass is 10.1. The number of hydrogen-bond acceptors (Lipinski definition) is 2. The zero-order valence-corrected chi connectivity index (χ0v) is 10.2. The molecule has 1 aromatic heterocycles. The van der Waals surface area contributed by atoms with Crippen LogP contribution >= 0.6 is 27.3 Å². The molecule has 0 aliphatic heterocycles. The van der Waals surface area contributed by atoms with Gasteiger partial charge in [0.25, 0.3) is 0 Å². The molecule has 2 rings (SSSR count). The van der Waals surface area contributed by atoms with Gasteiger partial charge in [-0.05, 0) is 28.4 Å². The number of aryl methyl sites for hydroxylation is 1. The first-order valence-electron chi connectivity index (χ1n) is 4.41. The Morgan fingerprint density at radius 3 is 2.57 bits per heavy atom. The standard InChI is InChI=1S/C11H10BrNS/c1-8-10(13-11(12)14-8)7-9-5-3-2-4-6-9/h2-6H,7H2,1H3. The van der Waals surface area contributed by atoms with Gasteiger partial charge in [0.15, 0.2) is 3.92 Å². The average Bonchev–Trinajstić information content (AvgIpc) is 2.47. The van der Waals surface area contributed by atoms with E-state index in [1.165, 1.54) is 16.1 Å². The fraction of sp³-hybridized carbons (Fsp3) is 0.182. The van der Waals surface area contributed by atoms with Gasteiger partial charge >= 0.3 is 0 Å². The molecule has 0 radical (unpaired) electrons. The number of benzene rings is 1. The Hall–Kier alpha value is -0.670. The third-order valence-electron chi connectivity index (χ3n) is 2.08. The summed E-state index contributed by atoms with van der Waals surface area (Å²) in [4.78, 5) is 5.73. The van der Waals surface area contributed by atoms with Crippen molar-refractivity contribution in [1.29, 1.82) is 0 Å².